The summed E-state index contributed by atoms with van der Waals surface area (Å²) >= 11 is 0. The zero-order chi connectivity index (χ0) is 21.9. The van der Waals surface area contributed by atoms with Crippen LogP contribution in [0, 0.1) is 13.0 Å². The first-order valence-electron chi connectivity index (χ1n) is 11.0. The maximum atomic E-state index is 6.18. The summed E-state index contributed by atoms with van der Waals surface area (Å²) in [6, 6.07) is 32.3. The number of aromatic nitrogens is 1. The molecule has 3 aromatic heterocycles. The Labute approximate surface area is 209 Å². The van der Waals surface area contributed by atoms with Gasteiger partial charge in [0.05, 0.1) is 0 Å². The molecule has 7 aromatic rings. The second-order valence-electron chi connectivity index (χ2n) is 8.42. The van der Waals surface area contributed by atoms with Crippen LogP contribution in [0.15, 0.2) is 100.0 Å². The number of benzene rings is 4. The van der Waals surface area contributed by atoms with Crippen LogP contribution in [0.5, 0.6) is 0 Å². The molecule has 0 atom stereocenters. The van der Waals surface area contributed by atoms with Crippen molar-refractivity contribution in [1.82, 2.24) is 4.98 Å². The summed E-state index contributed by atoms with van der Waals surface area (Å²) in [5.74, 6) is 0. The van der Waals surface area contributed by atoms with E-state index in [4.69, 9.17) is 8.83 Å². The number of pyridine rings is 1. The Hall–Kier alpha value is -3.72. The molecule has 0 fully saturated rings. The number of furan rings is 2. The fourth-order valence-corrected chi connectivity index (χ4v) is 4.73. The number of fused-ring (bicyclic) bond motifs is 6. The van der Waals surface area contributed by atoms with Gasteiger partial charge in [0.1, 0.15) is 22.3 Å². The molecule has 0 aliphatic rings. The normalized spacial score (nSPS) is 11.4. The Balaban J connectivity index is 0.00000217. The van der Waals surface area contributed by atoms with Crippen LogP contribution in [0.4, 0.5) is 0 Å². The Morgan fingerprint density at radius 3 is 2.24 bits per heavy atom. The van der Waals surface area contributed by atoms with E-state index in [1.807, 2.05) is 48.7 Å². The van der Waals surface area contributed by atoms with Crippen molar-refractivity contribution in [2.24, 2.45) is 0 Å². The summed E-state index contributed by atoms with van der Waals surface area (Å²) in [5, 5.41) is 4.41. The molecule has 34 heavy (non-hydrogen) atoms. The van der Waals surface area contributed by atoms with E-state index in [9.17, 15) is 0 Å². The van der Waals surface area contributed by atoms with Crippen molar-refractivity contribution in [3.8, 4) is 22.4 Å². The first-order chi connectivity index (χ1) is 16.2. The fourth-order valence-electron chi connectivity index (χ4n) is 4.73. The number of rotatable bonds is 2. The van der Waals surface area contributed by atoms with Gasteiger partial charge in [-0.3, -0.25) is 0 Å². The zero-order valence-electron chi connectivity index (χ0n) is 18.3. The first kappa shape index (κ1) is 20.9. The number of aryl methyl sites for hydroxylation is 1. The van der Waals surface area contributed by atoms with Gasteiger partial charge < -0.3 is 13.8 Å². The molecule has 3 heterocycles. The Morgan fingerprint density at radius 1 is 0.647 bits per heavy atom. The quantitative estimate of drug-likeness (QED) is 0.184. The van der Waals surface area contributed by atoms with Crippen molar-refractivity contribution < 1.29 is 28.9 Å². The minimum absolute atomic E-state index is 0. The van der Waals surface area contributed by atoms with Crippen LogP contribution in [0.3, 0.4) is 0 Å². The molecule has 0 saturated heterocycles. The molecule has 3 nitrogen and oxygen atoms in total. The predicted molar refractivity (Wildman–Crippen MR) is 133 cm³/mol. The van der Waals surface area contributed by atoms with E-state index in [0.717, 1.165) is 71.8 Å². The van der Waals surface area contributed by atoms with E-state index in [1.54, 1.807) is 0 Å². The van der Waals surface area contributed by atoms with Crippen molar-refractivity contribution in [2.45, 2.75) is 6.92 Å². The summed E-state index contributed by atoms with van der Waals surface area (Å²) < 4.78 is 12.2. The van der Waals surface area contributed by atoms with Gasteiger partial charge in [-0.15, -0.1) is 35.4 Å². The third kappa shape index (κ3) is 3.19. The van der Waals surface area contributed by atoms with E-state index >= 15 is 0 Å². The average molecular weight is 617 g/mol. The molecule has 4 heteroatoms. The average Bonchev–Trinajstić information content (AvgIpc) is 3.39. The largest absolute Gasteiger partial charge is 0.456 e. The number of nitrogens with zero attached hydrogens (tertiary/aromatic N) is 1. The van der Waals surface area contributed by atoms with Crippen LogP contribution < -0.4 is 0 Å². The van der Waals surface area contributed by atoms with E-state index < -0.39 is 0 Å². The topological polar surface area (TPSA) is 39.2 Å². The van der Waals surface area contributed by atoms with Gasteiger partial charge in [-0.2, -0.15) is 0 Å². The summed E-state index contributed by atoms with van der Waals surface area (Å²) in [4.78, 5) is 4.56. The summed E-state index contributed by atoms with van der Waals surface area (Å²) in [6.45, 7) is 2.08. The van der Waals surface area contributed by atoms with Crippen LogP contribution in [-0.2, 0) is 20.1 Å². The molecular weight excluding hydrogens is 599 g/mol. The molecule has 0 unspecified atom stereocenters. The van der Waals surface area contributed by atoms with Gasteiger partial charge in [0.15, 0.2) is 0 Å². The van der Waals surface area contributed by atoms with E-state index in [0.29, 0.717) is 0 Å². The van der Waals surface area contributed by atoms with Crippen LogP contribution in [0.1, 0.15) is 5.56 Å². The third-order valence-corrected chi connectivity index (χ3v) is 6.37. The molecule has 0 amide bonds. The van der Waals surface area contributed by atoms with Gasteiger partial charge in [0.2, 0.25) is 0 Å². The molecule has 165 valence electrons. The summed E-state index contributed by atoms with van der Waals surface area (Å²) in [7, 11) is 0. The van der Waals surface area contributed by atoms with E-state index in [-0.39, 0.29) is 20.1 Å². The Kier molecular flexibility index (Phi) is 4.88. The third-order valence-electron chi connectivity index (χ3n) is 6.37. The summed E-state index contributed by atoms with van der Waals surface area (Å²) in [6.07, 6.45) is 1.83. The number of para-hydroxylation sites is 1. The molecule has 0 aliphatic heterocycles. The molecule has 0 aliphatic carbocycles. The minimum Gasteiger partial charge on any atom is -0.456 e. The maximum Gasteiger partial charge on any atom is 0.139 e. The minimum atomic E-state index is 0. The molecule has 0 bridgehead atoms. The van der Waals surface area contributed by atoms with E-state index in [2.05, 4.69) is 60.4 Å². The zero-order valence-corrected chi connectivity index (χ0v) is 20.7. The molecule has 4 aromatic carbocycles. The van der Waals surface area contributed by atoms with Gasteiger partial charge in [-0.25, -0.2) is 0 Å². The van der Waals surface area contributed by atoms with Gasteiger partial charge in [-0.1, -0.05) is 35.9 Å². The van der Waals surface area contributed by atoms with Crippen molar-refractivity contribution in [2.75, 3.05) is 0 Å². The van der Waals surface area contributed by atoms with Crippen molar-refractivity contribution >= 4 is 43.9 Å². The van der Waals surface area contributed by atoms with Gasteiger partial charge >= 0.3 is 0 Å². The Morgan fingerprint density at radius 2 is 1.38 bits per heavy atom. The fraction of sp³-hybridized carbons (Fsp3) is 0.0333. The van der Waals surface area contributed by atoms with Crippen LogP contribution >= 0.6 is 0 Å². The second kappa shape index (κ2) is 7.95. The number of hydrogen-bond acceptors (Lipinski definition) is 3. The van der Waals surface area contributed by atoms with Crippen molar-refractivity contribution in [3.05, 3.63) is 103 Å². The molecule has 0 saturated carbocycles. The predicted octanol–water partition coefficient (Wildman–Crippen LogP) is 8.32. The van der Waals surface area contributed by atoms with Crippen LogP contribution in [-0.4, -0.2) is 4.98 Å². The van der Waals surface area contributed by atoms with Gasteiger partial charge in [0, 0.05) is 53.9 Å². The van der Waals surface area contributed by atoms with Crippen LogP contribution in [0.25, 0.3) is 66.3 Å². The molecular formula is C30H18IrNO2-. The Bertz CT molecular complexity index is 1840. The SMILES string of the molecule is Cc1cccnc1-c1[c-]ccc(-c2ccc3oc4cc5oc6ccccc6c5cc4c3c2)c1.[Ir]. The number of hydrogen-bond donors (Lipinski definition) is 0. The van der Waals surface area contributed by atoms with Crippen LogP contribution in [0.2, 0.25) is 0 Å². The molecule has 0 N–H and O–H groups in total. The van der Waals surface area contributed by atoms with Crippen molar-refractivity contribution in [3.63, 3.8) is 0 Å². The van der Waals surface area contributed by atoms with E-state index in [1.165, 1.54) is 0 Å². The smallest absolute Gasteiger partial charge is 0.139 e. The van der Waals surface area contributed by atoms with Gasteiger partial charge in [-0.05, 0) is 48.5 Å². The van der Waals surface area contributed by atoms with Gasteiger partial charge in [0.25, 0.3) is 0 Å². The second-order valence-corrected chi connectivity index (χ2v) is 8.42. The monoisotopic (exact) mass is 617 g/mol. The standard InChI is InChI=1S/C30H18NO2.Ir/c1-18-6-5-13-31-30(18)21-8-4-7-19(14-21)20-11-12-27-23(15-20)25-16-24-22-9-2-3-10-26(22)32-28(24)17-29(25)33-27;/h2-7,9-17H,1H3;/q-1;. The molecule has 0 spiro atoms. The summed E-state index contributed by atoms with van der Waals surface area (Å²) in [5.41, 5.74) is 8.79. The first-order valence-corrected chi connectivity index (χ1v) is 11.0. The van der Waals surface area contributed by atoms with Crippen molar-refractivity contribution in [1.29, 1.82) is 0 Å². The molecule has 7 rings (SSSR count). The maximum absolute atomic E-state index is 6.18. The molecule has 1 radical (unpaired) electrons.